The van der Waals surface area contributed by atoms with E-state index in [0.29, 0.717) is 17.5 Å². The zero-order valence-corrected chi connectivity index (χ0v) is 14.9. The highest BCUT2D eigenvalue weighted by atomic mass is 32.2. The van der Waals surface area contributed by atoms with Crippen molar-refractivity contribution in [1.29, 1.82) is 0 Å². The van der Waals surface area contributed by atoms with Gasteiger partial charge in [0.25, 0.3) is 5.91 Å². The van der Waals surface area contributed by atoms with E-state index in [-0.39, 0.29) is 17.4 Å². The molecule has 0 saturated carbocycles. The third kappa shape index (κ3) is 4.48. The van der Waals surface area contributed by atoms with E-state index < -0.39 is 33.9 Å². The van der Waals surface area contributed by atoms with Gasteiger partial charge in [0.05, 0.1) is 11.5 Å². The Bertz CT molecular complexity index is 930. The van der Waals surface area contributed by atoms with E-state index in [1.807, 2.05) is 12.1 Å². The summed E-state index contributed by atoms with van der Waals surface area (Å²) in [4.78, 5) is 28.0. The Morgan fingerprint density at radius 3 is 2.85 bits per heavy atom. The van der Waals surface area contributed by atoms with Crippen LogP contribution in [-0.2, 0) is 24.2 Å². The van der Waals surface area contributed by atoms with Crippen LogP contribution in [0.15, 0.2) is 34.8 Å². The van der Waals surface area contributed by atoms with Crippen molar-refractivity contribution in [3.8, 4) is 0 Å². The van der Waals surface area contributed by atoms with Crippen molar-refractivity contribution in [3.05, 3.63) is 36.2 Å². The molecule has 1 aliphatic heterocycles. The lowest BCUT2D eigenvalue weighted by Gasteiger charge is -2.15. The number of para-hydroxylation sites is 2. The number of rotatable bonds is 5. The van der Waals surface area contributed by atoms with Crippen molar-refractivity contribution in [2.75, 3.05) is 11.5 Å². The first kappa shape index (κ1) is 18.1. The first-order valence-corrected chi connectivity index (χ1v) is 9.89. The number of carbonyl (C=O) groups is 2. The fraction of sp³-hybridized carbons (Fsp3) is 0.353. The average molecular weight is 378 g/mol. The number of amides is 1. The fourth-order valence-electron chi connectivity index (χ4n) is 2.60. The maximum Gasteiger partial charge on any atom is 0.331 e. The zero-order valence-electron chi connectivity index (χ0n) is 14.0. The van der Waals surface area contributed by atoms with Crippen LogP contribution in [-0.4, -0.2) is 48.9 Å². The summed E-state index contributed by atoms with van der Waals surface area (Å²) >= 11 is 0. The second kappa shape index (κ2) is 7.28. The predicted molar refractivity (Wildman–Crippen MR) is 93.8 cm³/mol. The second-order valence-electron chi connectivity index (χ2n) is 6.04. The van der Waals surface area contributed by atoms with Crippen LogP contribution in [0.25, 0.3) is 17.2 Å². The van der Waals surface area contributed by atoms with E-state index in [1.165, 1.54) is 13.0 Å². The van der Waals surface area contributed by atoms with E-state index in [1.54, 1.807) is 12.1 Å². The van der Waals surface area contributed by atoms with Gasteiger partial charge in [0, 0.05) is 18.2 Å². The number of nitrogens with one attached hydrogen (secondary N) is 1. The highest BCUT2D eigenvalue weighted by molar-refractivity contribution is 7.91. The van der Waals surface area contributed by atoms with Crippen molar-refractivity contribution in [2.45, 2.75) is 25.5 Å². The molecule has 0 radical (unpaired) electrons. The van der Waals surface area contributed by atoms with Crippen molar-refractivity contribution >= 4 is 38.9 Å². The summed E-state index contributed by atoms with van der Waals surface area (Å²) in [6.45, 7) is 1.42. The van der Waals surface area contributed by atoms with Gasteiger partial charge in [-0.15, -0.1) is 0 Å². The SMILES string of the molecule is C[C@@H](OC(=O)/C=C/c1nc2ccccc2o1)C(=O)N[C@@H]1CCS(=O)(=O)C1. The average Bonchev–Trinajstić information content (AvgIpc) is 3.15. The maximum absolute atomic E-state index is 12.0. The number of hydrogen-bond donors (Lipinski definition) is 1. The second-order valence-corrected chi connectivity index (χ2v) is 8.27. The fourth-order valence-corrected chi connectivity index (χ4v) is 4.27. The highest BCUT2D eigenvalue weighted by Crippen LogP contribution is 2.15. The van der Waals surface area contributed by atoms with Gasteiger partial charge in [-0.3, -0.25) is 4.79 Å². The highest BCUT2D eigenvalue weighted by Gasteiger charge is 2.30. The molecule has 1 fully saturated rings. The number of oxazole rings is 1. The Morgan fingerprint density at radius 1 is 1.38 bits per heavy atom. The summed E-state index contributed by atoms with van der Waals surface area (Å²) in [7, 11) is -3.09. The first-order valence-electron chi connectivity index (χ1n) is 8.07. The Kier molecular flexibility index (Phi) is 5.08. The number of aromatic nitrogens is 1. The van der Waals surface area contributed by atoms with Gasteiger partial charge in [0.1, 0.15) is 5.52 Å². The molecule has 1 aromatic heterocycles. The lowest BCUT2D eigenvalue weighted by Crippen LogP contribution is -2.42. The summed E-state index contributed by atoms with van der Waals surface area (Å²) in [6, 6.07) is 6.73. The minimum atomic E-state index is -3.09. The standard InChI is InChI=1S/C17H18N2O6S/c1-11(17(21)18-12-8-9-26(22,23)10-12)24-16(20)7-6-15-19-13-4-2-3-5-14(13)25-15/h2-7,11-12H,8-10H2,1H3,(H,18,21)/b7-6+/t11-,12-/m1/s1. The van der Waals surface area contributed by atoms with Crippen molar-refractivity contribution < 1.29 is 27.2 Å². The molecule has 138 valence electrons. The number of carbonyl (C=O) groups excluding carboxylic acids is 2. The number of esters is 1. The lowest BCUT2D eigenvalue weighted by molar-refractivity contribution is -0.150. The van der Waals surface area contributed by atoms with Crippen LogP contribution in [0.2, 0.25) is 0 Å². The van der Waals surface area contributed by atoms with Crippen LogP contribution in [0.4, 0.5) is 0 Å². The number of sulfone groups is 1. The van der Waals surface area contributed by atoms with Crippen LogP contribution in [0, 0.1) is 0 Å². The summed E-state index contributed by atoms with van der Waals surface area (Å²) in [6.07, 6.45) is 1.80. The van der Waals surface area contributed by atoms with Crippen LogP contribution < -0.4 is 5.32 Å². The van der Waals surface area contributed by atoms with Crippen molar-refractivity contribution in [3.63, 3.8) is 0 Å². The smallest absolute Gasteiger partial charge is 0.331 e. The monoisotopic (exact) mass is 378 g/mol. The topological polar surface area (TPSA) is 116 Å². The Hall–Kier alpha value is -2.68. The van der Waals surface area contributed by atoms with Crippen LogP contribution in [0.3, 0.4) is 0 Å². The largest absolute Gasteiger partial charge is 0.449 e. The molecule has 0 aliphatic carbocycles. The maximum atomic E-state index is 12.0. The minimum Gasteiger partial charge on any atom is -0.449 e. The Balaban J connectivity index is 1.52. The molecule has 2 heterocycles. The van der Waals surface area contributed by atoms with Gasteiger partial charge in [-0.1, -0.05) is 12.1 Å². The van der Waals surface area contributed by atoms with Crippen LogP contribution >= 0.6 is 0 Å². The van der Waals surface area contributed by atoms with Crippen molar-refractivity contribution in [1.82, 2.24) is 10.3 Å². The van der Waals surface area contributed by atoms with Crippen molar-refractivity contribution in [2.24, 2.45) is 0 Å². The Labute approximate surface area is 150 Å². The molecule has 8 nitrogen and oxygen atoms in total. The molecule has 0 bridgehead atoms. The molecule has 1 saturated heterocycles. The van der Waals surface area contributed by atoms with Gasteiger partial charge in [-0.2, -0.15) is 0 Å². The minimum absolute atomic E-state index is 0.0549. The Morgan fingerprint density at radius 2 is 2.15 bits per heavy atom. The first-order chi connectivity index (χ1) is 12.3. The number of fused-ring (bicyclic) bond motifs is 1. The van der Waals surface area contributed by atoms with Crippen LogP contribution in [0.5, 0.6) is 0 Å². The molecule has 9 heteroatoms. The van der Waals surface area contributed by atoms with E-state index >= 15 is 0 Å². The van der Waals surface area contributed by atoms with Gasteiger partial charge >= 0.3 is 5.97 Å². The molecular formula is C17H18N2O6S. The molecule has 0 unspecified atom stereocenters. The van der Waals surface area contributed by atoms with E-state index in [9.17, 15) is 18.0 Å². The molecule has 2 aromatic rings. The predicted octanol–water partition coefficient (Wildman–Crippen LogP) is 1.08. The number of hydrogen-bond acceptors (Lipinski definition) is 7. The van der Waals surface area contributed by atoms with E-state index in [0.717, 1.165) is 6.08 Å². The molecule has 26 heavy (non-hydrogen) atoms. The molecular weight excluding hydrogens is 360 g/mol. The molecule has 1 aliphatic rings. The van der Waals surface area contributed by atoms with Gasteiger partial charge in [-0.05, 0) is 25.5 Å². The zero-order chi connectivity index (χ0) is 18.7. The molecule has 1 amide bonds. The quantitative estimate of drug-likeness (QED) is 0.611. The summed E-state index contributed by atoms with van der Waals surface area (Å²) < 4.78 is 33.2. The molecule has 1 aromatic carbocycles. The molecule has 1 N–H and O–H groups in total. The van der Waals surface area contributed by atoms with Crippen LogP contribution in [0.1, 0.15) is 19.2 Å². The molecule has 0 spiro atoms. The summed E-state index contributed by atoms with van der Waals surface area (Å²) in [5.41, 5.74) is 1.26. The number of ether oxygens (including phenoxy) is 1. The molecule has 2 atom stereocenters. The third-order valence-corrected chi connectivity index (χ3v) is 5.68. The normalized spacial score (nSPS) is 20.3. The van der Waals surface area contributed by atoms with Gasteiger partial charge < -0.3 is 14.5 Å². The van der Waals surface area contributed by atoms with E-state index in [4.69, 9.17) is 9.15 Å². The molecule has 3 rings (SSSR count). The summed E-state index contributed by atoms with van der Waals surface area (Å²) in [5.74, 6) is -1.04. The number of nitrogens with zero attached hydrogens (tertiary/aromatic N) is 1. The third-order valence-electron chi connectivity index (χ3n) is 3.91. The van der Waals surface area contributed by atoms with Gasteiger partial charge in [-0.25, -0.2) is 18.2 Å². The van der Waals surface area contributed by atoms with Gasteiger partial charge in [0.15, 0.2) is 21.5 Å². The summed E-state index contributed by atoms with van der Waals surface area (Å²) in [5, 5.41) is 2.58. The lowest BCUT2D eigenvalue weighted by atomic mass is 10.2. The number of benzene rings is 1. The van der Waals surface area contributed by atoms with Gasteiger partial charge in [0.2, 0.25) is 5.89 Å². The van der Waals surface area contributed by atoms with E-state index in [2.05, 4.69) is 10.3 Å².